The first kappa shape index (κ1) is 21.6. The summed E-state index contributed by atoms with van der Waals surface area (Å²) in [6.45, 7) is 1.51. The summed E-state index contributed by atoms with van der Waals surface area (Å²) in [5.74, 6) is -0.438. The van der Waals surface area contributed by atoms with Crippen LogP contribution < -0.4 is 10.0 Å². The number of anilines is 1. The molecule has 0 bridgehead atoms. The largest absolute Gasteiger partial charge is 0.324 e. The van der Waals surface area contributed by atoms with Crippen LogP contribution in [-0.4, -0.2) is 20.4 Å². The van der Waals surface area contributed by atoms with E-state index in [0.29, 0.717) is 5.69 Å². The van der Waals surface area contributed by atoms with Crippen molar-refractivity contribution in [1.29, 1.82) is 0 Å². The molecule has 0 saturated carbocycles. The Hall–Kier alpha value is -2.13. The second-order valence-electron chi connectivity index (χ2n) is 6.20. The minimum atomic E-state index is -3.81. The van der Waals surface area contributed by atoms with Gasteiger partial charge in [-0.15, -0.1) is 0 Å². The van der Waals surface area contributed by atoms with Gasteiger partial charge in [0.05, 0.1) is 16.6 Å². The summed E-state index contributed by atoms with van der Waals surface area (Å²) >= 11 is 4.79. The lowest BCUT2D eigenvalue weighted by molar-refractivity contribution is -0.117. The highest BCUT2D eigenvalue weighted by Gasteiger charge is 2.22. The van der Waals surface area contributed by atoms with Crippen molar-refractivity contribution < 1.29 is 13.2 Å². The lowest BCUT2D eigenvalue weighted by Crippen LogP contribution is -2.41. The summed E-state index contributed by atoms with van der Waals surface area (Å²) in [6, 6.07) is 22.5. The van der Waals surface area contributed by atoms with Crippen LogP contribution in [0.25, 0.3) is 0 Å². The molecule has 1 amide bonds. The normalized spacial score (nSPS) is 12.3. The molecule has 0 aromatic heterocycles. The summed E-state index contributed by atoms with van der Waals surface area (Å²) in [4.78, 5) is 14.6. The molecule has 0 saturated heterocycles. The lowest BCUT2D eigenvalue weighted by atomic mass is 10.3. The lowest BCUT2D eigenvalue weighted by Gasteiger charge is -2.16. The molecule has 8 heteroatoms. The Morgan fingerprint density at radius 2 is 1.55 bits per heavy atom. The van der Waals surface area contributed by atoms with Crippen molar-refractivity contribution in [2.45, 2.75) is 27.7 Å². The SMILES string of the molecule is CC(NS(=O)(=O)c1ccc(Br)cc1)C(=O)Nc1ccccc1Sc1ccccc1. The Morgan fingerprint density at radius 3 is 2.24 bits per heavy atom. The zero-order chi connectivity index (χ0) is 20.9. The van der Waals surface area contributed by atoms with Crippen molar-refractivity contribution in [3.05, 3.63) is 83.3 Å². The molecule has 1 atom stereocenters. The fourth-order valence-electron chi connectivity index (χ4n) is 2.48. The molecule has 3 aromatic rings. The van der Waals surface area contributed by atoms with Crippen molar-refractivity contribution in [3.63, 3.8) is 0 Å². The van der Waals surface area contributed by atoms with E-state index < -0.39 is 22.0 Å². The number of amides is 1. The number of hydrogen-bond donors (Lipinski definition) is 2. The van der Waals surface area contributed by atoms with Gasteiger partial charge in [0, 0.05) is 14.3 Å². The van der Waals surface area contributed by atoms with E-state index in [1.165, 1.54) is 30.8 Å². The molecule has 0 fully saturated rings. The third kappa shape index (κ3) is 5.93. The van der Waals surface area contributed by atoms with Gasteiger partial charge in [-0.25, -0.2) is 8.42 Å². The van der Waals surface area contributed by atoms with Crippen LogP contribution in [0.3, 0.4) is 0 Å². The van der Waals surface area contributed by atoms with Crippen molar-refractivity contribution in [2.24, 2.45) is 0 Å². The van der Waals surface area contributed by atoms with Crippen molar-refractivity contribution in [1.82, 2.24) is 4.72 Å². The number of para-hydroxylation sites is 1. The second kappa shape index (κ2) is 9.58. The van der Waals surface area contributed by atoms with E-state index in [0.717, 1.165) is 14.3 Å². The van der Waals surface area contributed by atoms with Crippen LogP contribution in [0.4, 0.5) is 5.69 Å². The van der Waals surface area contributed by atoms with Gasteiger partial charge in [0.25, 0.3) is 0 Å². The maximum Gasteiger partial charge on any atom is 0.242 e. The van der Waals surface area contributed by atoms with Gasteiger partial charge in [-0.3, -0.25) is 4.79 Å². The van der Waals surface area contributed by atoms with Gasteiger partial charge in [-0.1, -0.05) is 58.0 Å². The quantitative estimate of drug-likeness (QED) is 0.493. The maximum atomic E-state index is 12.6. The average molecular weight is 491 g/mol. The number of hydrogen-bond acceptors (Lipinski definition) is 4. The van der Waals surface area contributed by atoms with Gasteiger partial charge in [0.15, 0.2) is 0 Å². The zero-order valence-electron chi connectivity index (χ0n) is 15.5. The van der Waals surface area contributed by atoms with Crippen LogP contribution in [0.15, 0.2) is 98.0 Å². The summed E-state index contributed by atoms with van der Waals surface area (Å²) in [5, 5.41) is 2.82. The highest BCUT2D eigenvalue weighted by molar-refractivity contribution is 9.10. The van der Waals surface area contributed by atoms with E-state index in [4.69, 9.17) is 0 Å². The van der Waals surface area contributed by atoms with Crippen molar-refractivity contribution >= 4 is 49.3 Å². The van der Waals surface area contributed by atoms with Gasteiger partial charge >= 0.3 is 0 Å². The minimum Gasteiger partial charge on any atom is -0.324 e. The van der Waals surface area contributed by atoms with Crippen LogP contribution >= 0.6 is 27.7 Å². The first-order valence-electron chi connectivity index (χ1n) is 8.76. The molecular formula is C21H19BrN2O3S2. The Balaban J connectivity index is 1.71. The smallest absolute Gasteiger partial charge is 0.242 e. The van der Waals surface area contributed by atoms with Crippen LogP contribution in [0.2, 0.25) is 0 Å². The molecule has 3 aromatic carbocycles. The van der Waals surface area contributed by atoms with Crippen molar-refractivity contribution in [2.75, 3.05) is 5.32 Å². The van der Waals surface area contributed by atoms with E-state index in [-0.39, 0.29) is 4.90 Å². The number of benzene rings is 3. The van der Waals surface area contributed by atoms with E-state index in [2.05, 4.69) is 26.0 Å². The standard InChI is InChI=1S/C21H19BrN2O3S2/c1-15(24-29(26,27)18-13-11-16(22)12-14-18)21(25)23-19-9-5-6-10-20(19)28-17-7-3-2-4-8-17/h2-15,24H,1H3,(H,23,25). The van der Waals surface area contributed by atoms with Gasteiger partial charge < -0.3 is 5.32 Å². The Morgan fingerprint density at radius 1 is 0.931 bits per heavy atom. The predicted molar refractivity (Wildman–Crippen MR) is 120 cm³/mol. The average Bonchev–Trinajstić information content (AvgIpc) is 2.70. The second-order valence-corrected chi connectivity index (χ2v) is 9.94. The number of sulfonamides is 1. The summed E-state index contributed by atoms with van der Waals surface area (Å²) in [6.07, 6.45) is 0. The van der Waals surface area contributed by atoms with Crippen LogP contribution in [0.1, 0.15) is 6.92 Å². The fraction of sp³-hybridized carbons (Fsp3) is 0.0952. The van der Waals surface area contributed by atoms with Gasteiger partial charge in [0.1, 0.15) is 0 Å². The number of halogens is 1. The molecule has 1 unspecified atom stereocenters. The predicted octanol–water partition coefficient (Wildman–Crippen LogP) is 4.91. The molecule has 0 aliphatic carbocycles. The summed E-state index contributed by atoms with van der Waals surface area (Å²) < 4.78 is 28.2. The highest BCUT2D eigenvalue weighted by Crippen LogP contribution is 2.33. The van der Waals surface area contributed by atoms with Crippen LogP contribution in [-0.2, 0) is 14.8 Å². The van der Waals surface area contributed by atoms with Gasteiger partial charge in [-0.05, 0) is 55.5 Å². The van der Waals surface area contributed by atoms with E-state index >= 15 is 0 Å². The summed E-state index contributed by atoms with van der Waals surface area (Å²) in [5.41, 5.74) is 0.626. The van der Waals surface area contributed by atoms with Crippen LogP contribution in [0.5, 0.6) is 0 Å². The number of carbonyl (C=O) groups is 1. The topological polar surface area (TPSA) is 75.3 Å². The van der Waals surface area contributed by atoms with Gasteiger partial charge in [-0.2, -0.15) is 4.72 Å². The van der Waals surface area contributed by atoms with Crippen molar-refractivity contribution in [3.8, 4) is 0 Å². The minimum absolute atomic E-state index is 0.0976. The summed E-state index contributed by atoms with van der Waals surface area (Å²) in [7, 11) is -3.81. The number of rotatable bonds is 7. The molecule has 0 radical (unpaired) electrons. The maximum absolute atomic E-state index is 12.6. The molecule has 150 valence electrons. The molecule has 0 heterocycles. The molecule has 0 spiro atoms. The molecule has 0 aliphatic rings. The number of carbonyl (C=O) groups excluding carboxylic acids is 1. The van der Waals surface area contributed by atoms with E-state index in [1.54, 1.807) is 18.2 Å². The third-order valence-corrected chi connectivity index (χ3v) is 7.13. The number of nitrogens with one attached hydrogen (secondary N) is 2. The Kier molecular flexibility index (Phi) is 7.13. The molecule has 0 aliphatic heterocycles. The molecule has 5 nitrogen and oxygen atoms in total. The Bertz CT molecular complexity index is 1090. The highest BCUT2D eigenvalue weighted by atomic mass is 79.9. The molecular weight excluding hydrogens is 472 g/mol. The monoisotopic (exact) mass is 490 g/mol. The van der Waals surface area contributed by atoms with E-state index in [1.807, 2.05) is 48.5 Å². The molecule has 29 heavy (non-hydrogen) atoms. The zero-order valence-corrected chi connectivity index (χ0v) is 18.7. The van der Waals surface area contributed by atoms with Gasteiger partial charge in [0.2, 0.25) is 15.9 Å². The molecule has 3 rings (SSSR count). The Labute approximate surface area is 183 Å². The first-order valence-corrected chi connectivity index (χ1v) is 11.8. The fourth-order valence-corrected chi connectivity index (χ4v) is 4.87. The first-order chi connectivity index (χ1) is 13.8. The molecule has 2 N–H and O–H groups in total. The van der Waals surface area contributed by atoms with Crippen LogP contribution in [0, 0.1) is 0 Å². The third-order valence-electron chi connectivity index (χ3n) is 3.97. The van der Waals surface area contributed by atoms with E-state index in [9.17, 15) is 13.2 Å².